The van der Waals surface area contributed by atoms with Crippen molar-refractivity contribution in [1.29, 1.82) is 0 Å². The number of thiocarbonyl (C=S) groups is 1. The number of rotatable bonds is 8. The summed E-state index contributed by atoms with van der Waals surface area (Å²) in [6.45, 7) is 1.68. The molecule has 1 aliphatic rings. The van der Waals surface area contributed by atoms with Gasteiger partial charge in [0.05, 0.1) is 9.80 Å². The monoisotopic (exact) mass is 512 g/mol. The number of carbonyl (C=O) groups excluding carboxylic acids is 1. The molecule has 1 amide bonds. The number of nitrogens with one attached hydrogen (secondary N) is 1. The molecule has 1 heterocycles. The van der Waals surface area contributed by atoms with Crippen molar-refractivity contribution < 1.29 is 27.9 Å². The van der Waals surface area contributed by atoms with E-state index in [1.165, 1.54) is 30.3 Å². The second-order valence-electron chi connectivity index (χ2n) is 6.46. The third-order valence-electron chi connectivity index (χ3n) is 4.25. The Kier molecular flexibility index (Phi) is 7.57. The Labute approximate surface area is 199 Å². The number of amides is 1. The number of hydrogen-bond acceptors (Lipinski definition) is 7. The molecule has 0 spiro atoms. The fourth-order valence-corrected chi connectivity index (χ4v) is 5.07. The number of ether oxygens (including phenoxy) is 1. The van der Waals surface area contributed by atoms with Crippen LogP contribution in [0.5, 0.6) is 5.75 Å². The number of aliphatic carboxylic acids is 1. The normalized spacial score (nSPS) is 16.4. The zero-order valence-corrected chi connectivity index (χ0v) is 19.7. The minimum atomic E-state index is -4.08. The third-order valence-corrected chi connectivity index (χ3v) is 7.12. The molecule has 0 bridgehead atoms. The first kappa shape index (κ1) is 24.2. The van der Waals surface area contributed by atoms with Gasteiger partial charge in [-0.3, -0.25) is 4.79 Å². The van der Waals surface area contributed by atoms with Crippen molar-refractivity contribution in [1.82, 2.24) is 9.84 Å². The van der Waals surface area contributed by atoms with Crippen molar-refractivity contribution >= 4 is 67.9 Å². The molecule has 1 unspecified atom stereocenters. The van der Waals surface area contributed by atoms with E-state index in [9.17, 15) is 23.1 Å². The number of benzene rings is 2. The summed E-state index contributed by atoms with van der Waals surface area (Å²) >= 11 is 11.9. The van der Waals surface area contributed by atoms with E-state index in [-0.39, 0.29) is 26.3 Å². The predicted molar refractivity (Wildman–Crippen MR) is 126 cm³/mol. The van der Waals surface area contributed by atoms with Gasteiger partial charge in [0.2, 0.25) is 0 Å². The number of nitrogens with zero attached hydrogens (tertiary/aromatic N) is 1. The lowest BCUT2D eigenvalue weighted by atomic mass is 10.1. The molecular formula is C20H17ClN2O6S3. The smallest absolute Gasteiger partial charge is 0.344 e. The van der Waals surface area contributed by atoms with E-state index >= 15 is 0 Å². The number of para-hydroxylation sites is 1. The van der Waals surface area contributed by atoms with Crippen molar-refractivity contribution in [2.24, 2.45) is 0 Å². The molecule has 0 radical (unpaired) electrons. The van der Waals surface area contributed by atoms with Crippen molar-refractivity contribution in [3.63, 3.8) is 0 Å². The molecule has 8 nitrogen and oxygen atoms in total. The maximum atomic E-state index is 12.8. The molecule has 12 heteroatoms. The van der Waals surface area contributed by atoms with Gasteiger partial charge < -0.3 is 9.84 Å². The molecular weight excluding hydrogens is 496 g/mol. The van der Waals surface area contributed by atoms with Crippen molar-refractivity contribution in [3.8, 4) is 5.75 Å². The highest BCUT2D eigenvalue weighted by molar-refractivity contribution is 8.26. The van der Waals surface area contributed by atoms with Crippen LogP contribution in [0.1, 0.15) is 18.9 Å². The van der Waals surface area contributed by atoms with Crippen LogP contribution in [-0.4, -0.2) is 40.8 Å². The quantitative estimate of drug-likeness (QED) is 0.407. The Bertz CT molecular complexity index is 1200. The predicted octanol–water partition coefficient (Wildman–Crippen LogP) is 3.68. The Morgan fingerprint density at radius 1 is 1.28 bits per heavy atom. The lowest BCUT2D eigenvalue weighted by molar-refractivity contribution is -0.145. The standard InChI is InChI=1S/C20H17ClN2O6S3/c1-2-15(19(25)26)29-16-6-4-3-5-12(16)11-17-18(24)23(20(30)31-17)22-32(27,28)14-9-7-13(21)8-10-14/h3-11,15,22H,2H2,1H3,(H,25,26)/b17-11+. The molecule has 3 rings (SSSR count). The summed E-state index contributed by atoms with van der Waals surface area (Å²) < 4.78 is 30.8. The summed E-state index contributed by atoms with van der Waals surface area (Å²) in [7, 11) is -4.08. The Balaban J connectivity index is 1.85. The molecule has 1 saturated heterocycles. The van der Waals surface area contributed by atoms with E-state index in [4.69, 9.17) is 28.6 Å². The van der Waals surface area contributed by atoms with Gasteiger partial charge in [-0.25, -0.2) is 18.2 Å². The first-order valence-corrected chi connectivity index (χ1v) is 12.3. The summed E-state index contributed by atoms with van der Waals surface area (Å²) in [5.41, 5.74) is 0.452. The number of thioether (sulfide) groups is 1. The number of sulfonamides is 1. The van der Waals surface area contributed by atoms with Gasteiger partial charge in [0.25, 0.3) is 15.9 Å². The zero-order valence-electron chi connectivity index (χ0n) is 16.5. The minimum Gasteiger partial charge on any atom is -0.479 e. The summed E-state index contributed by atoms with van der Waals surface area (Å²) in [6.07, 6.45) is 0.670. The molecule has 32 heavy (non-hydrogen) atoms. The topological polar surface area (TPSA) is 113 Å². The van der Waals surface area contributed by atoms with Gasteiger partial charge in [-0.05, 0) is 42.8 Å². The second kappa shape index (κ2) is 10.0. The van der Waals surface area contributed by atoms with Crippen LogP contribution in [0.25, 0.3) is 6.08 Å². The van der Waals surface area contributed by atoms with Crippen molar-refractivity contribution in [3.05, 3.63) is 64.0 Å². The van der Waals surface area contributed by atoms with Gasteiger partial charge in [0.15, 0.2) is 10.4 Å². The van der Waals surface area contributed by atoms with Crippen LogP contribution in [0.15, 0.2) is 58.3 Å². The van der Waals surface area contributed by atoms with E-state index in [2.05, 4.69) is 4.83 Å². The van der Waals surface area contributed by atoms with Gasteiger partial charge >= 0.3 is 5.97 Å². The summed E-state index contributed by atoms with van der Waals surface area (Å²) in [5.74, 6) is -1.50. The molecule has 0 aromatic heterocycles. The zero-order chi connectivity index (χ0) is 23.5. The number of carboxylic acid groups (broad SMARTS) is 1. The van der Waals surface area contributed by atoms with Crippen LogP contribution in [0.2, 0.25) is 5.02 Å². The lowest BCUT2D eigenvalue weighted by Crippen LogP contribution is -2.44. The van der Waals surface area contributed by atoms with Crippen LogP contribution < -0.4 is 9.57 Å². The average molecular weight is 513 g/mol. The van der Waals surface area contributed by atoms with Crippen LogP contribution in [0.3, 0.4) is 0 Å². The Morgan fingerprint density at radius 2 is 1.94 bits per heavy atom. The second-order valence-corrected chi connectivity index (χ2v) is 10.2. The summed E-state index contributed by atoms with van der Waals surface area (Å²) in [4.78, 5) is 26.4. The van der Waals surface area contributed by atoms with Gasteiger partial charge in [0.1, 0.15) is 5.75 Å². The number of carboxylic acids is 1. The molecule has 1 fully saturated rings. The number of halogens is 1. The fraction of sp³-hybridized carbons (Fsp3) is 0.150. The van der Waals surface area contributed by atoms with E-state index in [0.717, 1.165) is 16.8 Å². The number of carbonyl (C=O) groups is 2. The van der Waals surface area contributed by atoms with E-state index in [1.807, 2.05) is 0 Å². The highest BCUT2D eigenvalue weighted by Gasteiger charge is 2.36. The average Bonchev–Trinajstić information content (AvgIpc) is 3.00. The molecule has 2 aromatic rings. The molecule has 1 atom stereocenters. The van der Waals surface area contributed by atoms with Crippen molar-refractivity contribution in [2.75, 3.05) is 0 Å². The summed E-state index contributed by atoms with van der Waals surface area (Å²) in [6, 6.07) is 12.0. The number of hydrogen-bond donors (Lipinski definition) is 2. The molecule has 1 aliphatic heterocycles. The van der Waals surface area contributed by atoms with E-state index in [1.54, 1.807) is 31.2 Å². The minimum absolute atomic E-state index is 0.00541. The largest absolute Gasteiger partial charge is 0.479 e. The Morgan fingerprint density at radius 3 is 2.56 bits per heavy atom. The first-order chi connectivity index (χ1) is 15.1. The maximum Gasteiger partial charge on any atom is 0.344 e. The molecule has 0 aliphatic carbocycles. The molecule has 2 N–H and O–H groups in total. The Hall–Kier alpha value is -2.44. The summed E-state index contributed by atoms with van der Waals surface area (Å²) in [5, 5.41) is 10.4. The van der Waals surface area contributed by atoms with Gasteiger partial charge in [-0.2, -0.15) is 0 Å². The highest BCUT2D eigenvalue weighted by Crippen LogP contribution is 2.34. The SMILES string of the molecule is CCC(Oc1ccccc1/C=C1/SC(=S)N(NS(=O)(=O)c2ccc(Cl)cc2)C1=O)C(=O)O. The van der Waals surface area contributed by atoms with Crippen LogP contribution >= 0.6 is 35.6 Å². The third kappa shape index (κ3) is 5.48. The van der Waals surface area contributed by atoms with Crippen LogP contribution in [-0.2, 0) is 19.6 Å². The maximum absolute atomic E-state index is 12.8. The van der Waals surface area contributed by atoms with E-state index in [0.29, 0.717) is 10.6 Å². The lowest BCUT2D eigenvalue weighted by Gasteiger charge is -2.16. The van der Waals surface area contributed by atoms with Crippen molar-refractivity contribution in [2.45, 2.75) is 24.3 Å². The van der Waals surface area contributed by atoms with Gasteiger partial charge in [-0.15, -0.1) is 4.83 Å². The number of hydrazine groups is 1. The van der Waals surface area contributed by atoms with Crippen LogP contribution in [0.4, 0.5) is 0 Å². The molecule has 2 aromatic carbocycles. The highest BCUT2D eigenvalue weighted by atomic mass is 35.5. The van der Waals surface area contributed by atoms with Gasteiger partial charge in [-0.1, -0.05) is 60.7 Å². The van der Waals surface area contributed by atoms with E-state index < -0.39 is 28.0 Å². The molecule has 168 valence electrons. The van der Waals surface area contributed by atoms with Gasteiger partial charge in [0, 0.05) is 10.6 Å². The molecule has 0 saturated carbocycles. The fourth-order valence-electron chi connectivity index (χ4n) is 2.64. The van der Waals surface area contributed by atoms with Crippen LogP contribution in [0, 0.1) is 0 Å². The first-order valence-electron chi connectivity index (χ1n) is 9.17.